The Balaban J connectivity index is 1.48. The van der Waals surface area contributed by atoms with Crippen LogP contribution in [0, 0.1) is 0 Å². The van der Waals surface area contributed by atoms with Gasteiger partial charge in [0.05, 0.1) is 17.1 Å². The molecular weight excluding hydrogens is 446 g/mol. The van der Waals surface area contributed by atoms with Crippen molar-refractivity contribution in [2.75, 3.05) is 25.0 Å². The number of aromatic nitrogens is 5. The SMILES string of the molecule is CN(c1nc(-c2ccnc3[nH]c4ccccc4c23)nc2cncc(C3=CC=C3)c12)C1CCCNCC1. The highest BCUT2D eigenvalue weighted by atomic mass is 15.2. The molecule has 0 saturated carbocycles. The Morgan fingerprint density at radius 1 is 0.972 bits per heavy atom. The molecule has 4 aromatic heterocycles. The number of nitrogens with zero attached hydrogens (tertiary/aromatic N) is 5. The summed E-state index contributed by atoms with van der Waals surface area (Å²) in [5.74, 6) is 1.66. The smallest absolute Gasteiger partial charge is 0.163 e. The zero-order valence-electron chi connectivity index (χ0n) is 20.2. The molecule has 0 spiro atoms. The largest absolute Gasteiger partial charge is 0.356 e. The van der Waals surface area contributed by atoms with Crippen LogP contribution < -0.4 is 10.2 Å². The van der Waals surface area contributed by atoms with Crippen LogP contribution in [0.5, 0.6) is 0 Å². The Morgan fingerprint density at radius 2 is 1.89 bits per heavy atom. The fraction of sp³-hybridized carbons (Fsp3) is 0.241. The minimum Gasteiger partial charge on any atom is -0.356 e. The first kappa shape index (κ1) is 21.2. The van der Waals surface area contributed by atoms with Crippen molar-refractivity contribution in [2.45, 2.75) is 25.3 Å². The zero-order valence-corrected chi connectivity index (χ0v) is 20.2. The summed E-state index contributed by atoms with van der Waals surface area (Å²) in [4.78, 5) is 25.4. The first-order valence-electron chi connectivity index (χ1n) is 12.6. The van der Waals surface area contributed by atoms with E-state index in [0.29, 0.717) is 11.9 Å². The Morgan fingerprint density at radius 3 is 2.78 bits per heavy atom. The second-order valence-electron chi connectivity index (χ2n) is 9.63. The number of pyridine rings is 2. The highest BCUT2D eigenvalue weighted by molar-refractivity contribution is 6.13. The number of hydrogen-bond donors (Lipinski definition) is 2. The average Bonchev–Trinajstić information content (AvgIpc) is 3.05. The van der Waals surface area contributed by atoms with Crippen LogP contribution in [0.3, 0.4) is 0 Å². The lowest BCUT2D eigenvalue weighted by Gasteiger charge is -2.30. The minimum absolute atomic E-state index is 0.406. The van der Waals surface area contributed by atoms with Gasteiger partial charge in [-0.05, 0) is 50.1 Å². The molecule has 7 nitrogen and oxygen atoms in total. The normalized spacial score (nSPS) is 17.8. The summed E-state index contributed by atoms with van der Waals surface area (Å²) < 4.78 is 0. The van der Waals surface area contributed by atoms with E-state index in [1.165, 1.54) is 5.57 Å². The Hall–Kier alpha value is -4.10. The molecule has 7 rings (SSSR count). The Bertz CT molecular complexity index is 1670. The third-order valence-electron chi connectivity index (χ3n) is 7.52. The van der Waals surface area contributed by atoms with E-state index in [4.69, 9.17) is 9.97 Å². The third-order valence-corrected chi connectivity index (χ3v) is 7.52. The molecule has 178 valence electrons. The van der Waals surface area contributed by atoms with Crippen LogP contribution in [0.25, 0.3) is 49.8 Å². The molecule has 0 bridgehead atoms. The van der Waals surface area contributed by atoms with Gasteiger partial charge in [0, 0.05) is 52.9 Å². The Labute approximate surface area is 209 Å². The van der Waals surface area contributed by atoms with Crippen molar-refractivity contribution in [3.05, 3.63) is 72.7 Å². The minimum atomic E-state index is 0.406. The maximum Gasteiger partial charge on any atom is 0.163 e. The fourth-order valence-corrected chi connectivity index (χ4v) is 5.55. The number of rotatable bonds is 4. The maximum absolute atomic E-state index is 5.29. The molecule has 5 aromatic rings. The van der Waals surface area contributed by atoms with E-state index in [1.807, 2.05) is 30.7 Å². The molecule has 2 N–H and O–H groups in total. The van der Waals surface area contributed by atoms with Crippen molar-refractivity contribution >= 4 is 44.2 Å². The molecule has 1 atom stereocenters. The quantitative estimate of drug-likeness (QED) is 0.371. The van der Waals surface area contributed by atoms with E-state index in [9.17, 15) is 0 Å². The van der Waals surface area contributed by atoms with Gasteiger partial charge in [-0.2, -0.15) is 0 Å². The molecule has 7 heteroatoms. The van der Waals surface area contributed by atoms with Crippen LogP contribution in [0.1, 0.15) is 24.8 Å². The van der Waals surface area contributed by atoms with Gasteiger partial charge in [-0.1, -0.05) is 36.4 Å². The summed E-state index contributed by atoms with van der Waals surface area (Å²) in [6, 6.07) is 10.7. The van der Waals surface area contributed by atoms with Crippen LogP contribution >= 0.6 is 0 Å². The highest BCUT2D eigenvalue weighted by Gasteiger charge is 2.25. The van der Waals surface area contributed by atoms with Gasteiger partial charge in [-0.15, -0.1) is 0 Å². The first-order valence-corrected chi connectivity index (χ1v) is 12.6. The van der Waals surface area contributed by atoms with E-state index in [-0.39, 0.29) is 0 Å². The van der Waals surface area contributed by atoms with Crippen LogP contribution in [0.2, 0.25) is 0 Å². The van der Waals surface area contributed by atoms with Crippen molar-refractivity contribution in [3.8, 4) is 11.4 Å². The van der Waals surface area contributed by atoms with Crippen LogP contribution in [-0.2, 0) is 0 Å². The molecule has 1 aliphatic heterocycles. The third kappa shape index (κ3) is 3.38. The average molecular weight is 474 g/mol. The van der Waals surface area contributed by atoms with Crippen LogP contribution in [0.4, 0.5) is 5.82 Å². The number of anilines is 1. The number of fused-ring (bicyclic) bond motifs is 4. The van der Waals surface area contributed by atoms with Crippen molar-refractivity contribution < 1.29 is 0 Å². The van der Waals surface area contributed by atoms with Gasteiger partial charge in [0.2, 0.25) is 0 Å². The van der Waals surface area contributed by atoms with E-state index in [0.717, 1.165) is 82.1 Å². The van der Waals surface area contributed by atoms with Crippen LogP contribution in [-0.4, -0.2) is 51.1 Å². The number of nitrogens with one attached hydrogen (secondary N) is 2. The summed E-state index contributed by atoms with van der Waals surface area (Å²) >= 11 is 0. The number of aromatic amines is 1. The van der Waals surface area contributed by atoms with Gasteiger partial charge in [0.1, 0.15) is 11.5 Å². The zero-order chi connectivity index (χ0) is 24.1. The Kier molecular flexibility index (Phi) is 5.03. The maximum atomic E-state index is 5.29. The summed E-state index contributed by atoms with van der Waals surface area (Å²) in [5, 5.41) is 6.78. The molecule has 0 radical (unpaired) electrons. The number of allylic oxidation sites excluding steroid dienone is 4. The van der Waals surface area contributed by atoms with Gasteiger partial charge in [0.15, 0.2) is 5.82 Å². The van der Waals surface area contributed by atoms with Gasteiger partial charge < -0.3 is 15.2 Å². The lowest BCUT2D eigenvalue weighted by molar-refractivity contribution is 0.564. The molecule has 36 heavy (non-hydrogen) atoms. The molecule has 0 amide bonds. The van der Waals surface area contributed by atoms with Gasteiger partial charge >= 0.3 is 0 Å². The number of para-hydroxylation sites is 1. The predicted molar refractivity (Wildman–Crippen MR) is 146 cm³/mol. The molecule has 1 aromatic carbocycles. The van der Waals surface area contributed by atoms with E-state index >= 15 is 0 Å². The van der Waals surface area contributed by atoms with E-state index < -0.39 is 0 Å². The predicted octanol–water partition coefficient (Wildman–Crippen LogP) is 5.25. The highest BCUT2D eigenvalue weighted by Crippen LogP contribution is 2.38. The van der Waals surface area contributed by atoms with Crippen molar-refractivity contribution in [3.63, 3.8) is 0 Å². The van der Waals surface area contributed by atoms with E-state index in [2.05, 4.69) is 68.6 Å². The number of H-pyrrole nitrogens is 1. The second-order valence-corrected chi connectivity index (χ2v) is 9.63. The summed E-state index contributed by atoms with van der Waals surface area (Å²) in [6.45, 7) is 2.09. The van der Waals surface area contributed by atoms with Crippen molar-refractivity contribution in [1.82, 2.24) is 30.2 Å². The summed E-state index contributed by atoms with van der Waals surface area (Å²) in [7, 11) is 2.19. The molecule has 1 saturated heterocycles. The lowest BCUT2D eigenvalue weighted by Crippen LogP contribution is -2.33. The molecule has 1 aliphatic carbocycles. The molecule has 1 fully saturated rings. The molecule has 2 aliphatic rings. The van der Waals surface area contributed by atoms with Gasteiger partial charge in [0.25, 0.3) is 0 Å². The summed E-state index contributed by atoms with van der Waals surface area (Å²) in [6.07, 6.45) is 15.3. The molecule has 5 heterocycles. The van der Waals surface area contributed by atoms with Crippen LogP contribution in [0.15, 0.2) is 67.2 Å². The topological polar surface area (TPSA) is 82.6 Å². The van der Waals surface area contributed by atoms with Gasteiger partial charge in [-0.3, -0.25) is 4.98 Å². The molecular formula is C29H27N7. The number of benzene rings is 1. The second kappa shape index (κ2) is 8.53. The van der Waals surface area contributed by atoms with Crippen molar-refractivity contribution in [2.24, 2.45) is 0 Å². The number of hydrogen-bond acceptors (Lipinski definition) is 6. The first-order chi connectivity index (χ1) is 17.8. The van der Waals surface area contributed by atoms with Crippen molar-refractivity contribution in [1.29, 1.82) is 0 Å². The van der Waals surface area contributed by atoms with E-state index in [1.54, 1.807) is 0 Å². The molecule has 1 unspecified atom stereocenters. The van der Waals surface area contributed by atoms with Gasteiger partial charge in [-0.25, -0.2) is 15.0 Å². The summed E-state index contributed by atoms with van der Waals surface area (Å²) in [5.41, 5.74) is 6.00. The standard InChI is InChI=1S/C29H27N7/c1-36(19-8-5-13-30-14-11-19)29-26-22(18-6-4-7-18)16-31-17-24(26)34-27(35-29)21-12-15-32-28-25(21)20-9-2-3-10-23(20)33-28/h2-4,6-7,9-10,12,15-17,19,30H,5,8,11,13-14H2,1H3,(H,32,33). The lowest BCUT2D eigenvalue weighted by atomic mass is 9.97. The monoisotopic (exact) mass is 473 g/mol. The fourth-order valence-electron chi connectivity index (χ4n) is 5.55.